The number of rotatable bonds is 6. The van der Waals surface area contributed by atoms with Gasteiger partial charge < -0.3 is 28.8 Å². The van der Waals surface area contributed by atoms with Gasteiger partial charge in [-0.3, -0.25) is 0 Å². The van der Waals surface area contributed by atoms with Crippen molar-refractivity contribution in [2.24, 2.45) is 5.92 Å². The van der Waals surface area contributed by atoms with Crippen LogP contribution in [0.3, 0.4) is 0 Å². The molecule has 1 fully saturated rings. The van der Waals surface area contributed by atoms with E-state index in [2.05, 4.69) is 22.3 Å². The summed E-state index contributed by atoms with van der Waals surface area (Å²) in [6, 6.07) is 7.73. The first kappa shape index (κ1) is 24.0. The maximum absolute atomic E-state index is 12.0. The molecule has 1 N–H and O–H groups in total. The zero-order valence-corrected chi connectivity index (χ0v) is 21.0. The van der Waals surface area contributed by atoms with Gasteiger partial charge in [-0.05, 0) is 45.2 Å². The van der Waals surface area contributed by atoms with Gasteiger partial charge in [-0.1, -0.05) is 11.6 Å². The van der Waals surface area contributed by atoms with Crippen molar-refractivity contribution in [1.82, 2.24) is 14.7 Å². The van der Waals surface area contributed by atoms with Gasteiger partial charge in [0.25, 0.3) is 0 Å². The Labute approximate surface area is 204 Å². The van der Waals surface area contributed by atoms with E-state index in [4.69, 9.17) is 30.8 Å². The number of benzene rings is 1. The van der Waals surface area contributed by atoms with E-state index < -0.39 is 5.60 Å². The normalized spacial score (nSPS) is 16.1. The zero-order valence-electron chi connectivity index (χ0n) is 20.2. The molecule has 0 radical (unpaired) electrons. The molecule has 0 saturated carbocycles. The van der Waals surface area contributed by atoms with Gasteiger partial charge in [-0.2, -0.15) is 0 Å². The molecule has 2 aromatic heterocycles. The van der Waals surface area contributed by atoms with Crippen LogP contribution in [0.5, 0.6) is 11.5 Å². The first-order valence-electron chi connectivity index (χ1n) is 11.3. The van der Waals surface area contributed by atoms with E-state index in [0.29, 0.717) is 29.0 Å². The summed E-state index contributed by atoms with van der Waals surface area (Å²) in [5, 5.41) is 3.39. The number of alkyl carbamates (subject to hydrolysis) is 1. The highest BCUT2D eigenvalue weighted by Gasteiger charge is 2.25. The zero-order chi connectivity index (χ0) is 24.5. The highest BCUT2D eigenvalue weighted by atomic mass is 35.5. The lowest BCUT2D eigenvalue weighted by Gasteiger charge is -2.21. The van der Waals surface area contributed by atoms with E-state index in [9.17, 15) is 4.79 Å². The van der Waals surface area contributed by atoms with Crippen molar-refractivity contribution in [3.8, 4) is 22.8 Å². The Morgan fingerprint density at radius 3 is 2.68 bits per heavy atom. The molecule has 1 aromatic carbocycles. The van der Waals surface area contributed by atoms with E-state index in [0.717, 1.165) is 42.1 Å². The minimum atomic E-state index is -0.495. The van der Waals surface area contributed by atoms with Crippen molar-refractivity contribution in [2.45, 2.75) is 32.8 Å². The lowest BCUT2D eigenvalue weighted by Crippen LogP contribution is -2.36. The van der Waals surface area contributed by atoms with Crippen LogP contribution in [0.2, 0.25) is 5.02 Å². The average Bonchev–Trinajstić information content (AvgIpc) is 3.43. The van der Waals surface area contributed by atoms with Crippen LogP contribution in [0.1, 0.15) is 27.2 Å². The summed E-state index contributed by atoms with van der Waals surface area (Å²) < 4.78 is 18.2. The van der Waals surface area contributed by atoms with Crippen LogP contribution in [0, 0.1) is 5.92 Å². The first-order chi connectivity index (χ1) is 16.2. The fourth-order valence-electron chi connectivity index (χ4n) is 4.13. The van der Waals surface area contributed by atoms with Crippen LogP contribution in [-0.2, 0) is 4.74 Å². The molecule has 182 valence electrons. The Kier molecular flexibility index (Phi) is 6.79. The van der Waals surface area contributed by atoms with E-state index in [1.807, 2.05) is 43.6 Å². The monoisotopic (exact) mass is 486 g/mol. The number of amides is 1. The largest absolute Gasteiger partial charge is 0.496 e. The topological polar surface area (TPSA) is 77.3 Å². The summed E-state index contributed by atoms with van der Waals surface area (Å²) in [6.45, 7) is 7.97. The number of halogens is 1. The molecule has 1 aliphatic rings. The lowest BCUT2D eigenvalue weighted by atomic mass is 10.1. The van der Waals surface area contributed by atoms with Gasteiger partial charge in [0, 0.05) is 55.4 Å². The van der Waals surface area contributed by atoms with Gasteiger partial charge in [0.15, 0.2) is 0 Å². The van der Waals surface area contributed by atoms with Crippen molar-refractivity contribution < 1.29 is 19.0 Å². The molecule has 0 spiro atoms. The number of carbonyl (C=O) groups is 1. The molecular formula is C25H31ClN4O4. The molecule has 3 heterocycles. The summed E-state index contributed by atoms with van der Waals surface area (Å²) in [6.07, 6.45) is 4.59. The maximum Gasteiger partial charge on any atom is 0.407 e. The van der Waals surface area contributed by atoms with Gasteiger partial charge in [0.2, 0.25) is 0 Å². The Hall–Kier alpha value is -3.13. The van der Waals surface area contributed by atoms with Crippen molar-refractivity contribution in [3.63, 3.8) is 0 Å². The van der Waals surface area contributed by atoms with E-state index >= 15 is 0 Å². The molecule has 1 saturated heterocycles. The summed E-state index contributed by atoms with van der Waals surface area (Å²) in [5.41, 5.74) is 3.00. The second-order valence-corrected chi connectivity index (χ2v) is 9.85. The Bertz CT molecular complexity index is 1190. The van der Waals surface area contributed by atoms with E-state index in [-0.39, 0.29) is 6.09 Å². The minimum Gasteiger partial charge on any atom is -0.496 e. The summed E-state index contributed by atoms with van der Waals surface area (Å²) >= 11 is 6.35. The average molecular weight is 487 g/mol. The quantitative estimate of drug-likeness (QED) is 0.527. The van der Waals surface area contributed by atoms with Gasteiger partial charge in [-0.15, -0.1) is 0 Å². The van der Waals surface area contributed by atoms with Crippen LogP contribution in [0.15, 0.2) is 36.7 Å². The van der Waals surface area contributed by atoms with Crippen LogP contribution >= 0.6 is 11.6 Å². The third-order valence-corrected chi connectivity index (χ3v) is 6.07. The number of carbonyl (C=O) groups excluding carboxylic acids is 1. The van der Waals surface area contributed by atoms with Crippen LogP contribution in [0.25, 0.3) is 16.9 Å². The number of ether oxygens (including phenoxy) is 3. The van der Waals surface area contributed by atoms with Crippen molar-refractivity contribution in [2.75, 3.05) is 38.8 Å². The number of methoxy groups -OCH3 is 2. The molecule has 0 bridgehead atoms. The van der Waals surface area contributed by atoms with Crippen LogP contribution < -0.4 is 19.7 Å². The molecular weight excluding hydrogens is 456 g/mol. The fraction of sp³-hybridized carbons (Fsp3) is 0.440. The summed E-state index contributed by atoms with van der Waals surface area (Å²) in [7, 11) is 3.19. The number of nitrogens with zero attached hydrogens (tertiary/aromatic N) is 3. The number of pyridine rings is 1. The van der Waals surface area contributed by atoms with Gasteiger partial charge in [0.1, 0.15) is 22.7 Å². The van der Waals surface area contributed by atoms with Gasteiger partial charge in [-0.25, -0.2) is 9.78 Å². The Morgan fingerprint density at radius 2 is 1.97 bits per heavy atom. The Balaban J connectivity index is 1.47. The Morgan fingerprint density at radius 1 is 1.21 bits per heavy atom. The van der Waals surface area contributed by atoms with Gasteiger partial charge in [0.05, 0.1) is 24.9 Å². The smallest absolute Gasteiger partial charge is 0.407 e. The van der Waals surface area contributed by atoms with Crippen LogP contribution in [0.4, 0.5) is 10.5 Å². The second-order valence-electron chi connectivity index (χ2n) is 9.45. The van der Waals surface area contributed by atoms with Crippen molar-refractivity contribution in [1.29, 1.82) is 0 Å². The SMILES string of the molecule is COc1cc(OC)c(-c2cn3ccc(N4CCC(CNC(=O)OC(C)(C)C)C4)cc3n2)cc1Cl. The predicted octanol–water partition coefficient (Wildman–Crippen LogP) is 5.02. The number of hydrogen-bond donors (Lipinski definition) is 1. The highest BCUT2D eigenvalue weighted by Crippen LogP contribution is 2.38. The lowest BCUT2D eigenvalue weighted by molar-refractivity contribution is 0.0520. The molecule has 9 heteroatoms. The maximum atomic E-state index is 12.0. The number of hydrogen-bond acceptors (Lipinski definition) is 6. The first-order valence-corrected chi connectivity index (χ1v) is 11.7. The molecule has 1 amide bonds. The molecule has 3 aromatic rings. The molecule has 8 nitrogen and oxygen atoms in total. The number of imidazole rings is 1. The molecule has 4 rings (SSSR count). The number of fused-ring (bicyclic) bond motifs is 1. The summed E-state index contributed by atoms with van der Waals surface area (Å²) in [4.78, 5) is 19.1. The molecule has 0 aliphatic carbocycles. The van der Waals surface area contributed by atoms with Crippen LogP contribution in [-0.4, -0.2) is 54.9 Å². The minimum absolute atomic E-state index is 0.366. The van der Waals surface area contributed by atoms with E-state index in [1.165, 1.54) is 0 Å². The summed E-state index contributed by atoms with van der Waals surface area (Å²) in [5.74, 6) is 1.56. The third-order valence-electron chi connectivity index (χ3n) is 5.78. The predicted molar refractivity (Wildman–Crippen MR) is 133 cm³/mol. The number of aromatic nitrogens is 2. The fourth-order valence-corrected chi connectivity index (χ4v) is 4.37. The molecule has 34 heavy (non-hydrogen) atoms. The molecule has 1 unspecified atom stereocenters. The highest BCUT2D eigenvalue weighted by molar-refractivity contribution is 6.32. The molecule has 1 atom stereocenters. The number of anilines is 1. The standard InChI is InChI=1S/C25H31ClN4O4/c1-25(2,3)34-24(31)27-13-16-6-8-29(14-16)17-7-9-30-15-20(28-23(30)10-17)18-11-19(26)22(33-5)12-21(18)32-4/h7,9-12,15-16H,6,8,13-14H2,1-5H3,(H,27,31). The second kappa shape index (κ2) is 9.62. The third kappa shape index (κ3) is 5.33. The van der Waals surface area contributed by atoms with Gasteiger partial charge >= 0.3 is 6.09 Å². The van der Waals surface area contributed by atoms with Crippen molar-refractivity contribution >= 4 is 29.0 Å². The van der Waals surface area contributed by atoms with Crippen molar-refractivity contribution in [3.05, 3.63) is 41.7 Å². The van der Waals surface area contributed by atoms with E-state index in [1.54, 1.807) is 20.3 Å². The number of nitrogens with one attached hydrogen (secondary N) is 1. The molecule has 1 aliphatic heterocycles.